The Hall–Kier alpha value is -1.92. The number of allylic oxidation sites excluding steroid dienone is 1. The summed E-state index contributed by atoms with van der Waals surface area (Å²) in [6, 6.07) is 3.64. The minimum absolute atomic E-state index is 0.0325. The molecule has 0 bridgehead atoms. The fourth-order valence-corrected chi connectivity index (χ4v) is 1.22. The van der Waals surface area contributed by atoms with Gasteiger partial charge in [-0.15, -0.1) is 0 Å². The Labute approximate surface area is 98.3 Å². The molecule has 18 heavy (non-hydrogen) atoms. The fraction of sp³-hybridized carbons (Fsp3) is 0.182. The summed E-state index contributed by atoms with van der Waals surface area (Å²) in [6.07, 6.45) is -8.25. The van der Waals surface area contributed by atoms with Crippen LogP contribution in [0.3, 0.4) is 0 Å². The number of carbonyl (C=O) groups is 1. The maximum absolute atomic E-state index is 12.5. The second kappa shape index (κ2) is 5.16. The molecule has 1 aromatic carbocycles. The lowest BCUT2D eigenvalue weighted by atomic mass is 10.0. The van der Waals surface area contributed by atoms with Crippen LogP contribution in [0.1, 0.15) is 11.1 Å². The van der Waals surface area contributed by atoms with Gasteiger partial charge in [-0.1, -0.05) is 24.0 Å². The first-order valence-electron chi connectivity index (χ1n) is 4.61. The van der Waals surface area contributed by atoms with Crippen molar-refractivity contribution in [3.63, 3.8) is 0 Å². The van der Waals surface area contributed by atoms with Gasteiger partial charge in [-0.3, -0.25) is 4.79 Å². The summed E-state index contributed by atoms with van der Waals surface area (Å²) in [4.78, 5) is 10.6. The molecule has 0 aliphatic rings. The molecule has 98 valence electrons. The van der Waals surface area contributed by atoms with E-state index in [2.05, 4.69) is 0 Å². The topological polar surface area (TPSA) is 40.1 Å². The van der Waals surface area contributed by atoms with Gasteiger partial charge < -0.3 is 5.11 Å². The lowest BCUT2D eigenvalue weighted by Crippen LogP contribution is -2.15. The Bertz CT molecular complexity index is 477. The van der Waals surface area contributed by atoms with Gasteiger partial charge in [0.15, 0.2) is 0 Å². The second-order valence-corrected chi connectivity index (χ2v) is 3.25. The predicted molar refractivity (Wildman–Crippen MR) is 50.4 cm³/mol. The van der Waals surface area contributed by atoms with Crippen molar-refractivity contribution in [2.24, 2.45) is 0 Å². The van der Waals surface area contributed by atoms with Crippen LogP contribution in [0, 0.1) is 0 Å². The lowest BCUT2D eigenvalue weighted by molar-refractivity contribution is -0.244. The zero-order valence-electron chi connectivity index (χ0n) is 8.67. The third-order valence-corrected chi connectivity index (χ3v) is 1.99. The van der Waals surface area contributed by atoms with Crippen LogP contribution in [0.2, 0.25) is 0 Å². The molecule has 0 amide bonds. The third kappa shape index (κ3) is 3.28. The van der Waals surface area contributed by atoms with Gasteiger partial charge in [0.05, 0.1) is 5.56 Å². The molecule has 0 saturated carbocycles. The van der Waals surface area contributed by atoms with Gasteiger partial charge in [0.2, 0.25) is 5.78 Å². The van der Waals surface area contributed by atoms with Crippen LogP contribution in [0.5, 0.6) is 0 Å². The van der Waals surface area contributed by atoms with Crippen molar-refractivity contribution in [3.8, 4) is 0 Å². The normalized spacial score (nSPS) is 12.9. The average Bonchev–Trinajstić information content (AvgIpc) is 2.27. The van der Waals surface area contributed by atoms with E-state index in [0.717, 1.165) is 18.2 Å². The Balaban J connectivity index is 3.22. The van der Waals surface area contributed by atoms with Gasteiger partial charge in [-0.05, 0) is 17.7 Å². The SMILES string of the molecule is O=C(/C=C(\[O-])c1ccccc1C(F)(F)F)C(F)F. The van der Waals surface area contributed by atoms with E-state index >= 15 is 0 Å². The van der Waals surface area contributed by atoms with Crippen molar-refractivity contribution in [1.82, 2.24) is 0 Å². The van der Waals surface area contributed by atoms with Crippen LogP contribution in [0.4, 0.5) is 22.0 Å². The molecule has 2 nitrogen and oxygen atoms in total. The highest BCUT2D eigenvalue weighted by Gasteiger charge is 2.32. The lowest BCUT2D eigenvalue weighted by Gasteiger charge is -2.18. The fourth-order valence-electron chi connectivity index (χ4n) is 1.22. The zero-order chi connectivity index (χ0) is 13.9. The van der Waals surface area contributed by atoms with Gasteiger partial charge in [0, 0.05) is 0 Å². The van der Waals surface area contributed by atoms with Crippen LogP contribution < -0.4 is 5.11 Å². The quantitative estimate of drug-likeness (QED) is 0.477. The molecule has 0 aliphatic carbocycles. The Morgan fingerprint density at radius 3 is 2.28 bits per heavy atom. The number of benzene rings is 1. The van der Waals surface area contributed by atoms with E-state index in [4.69, 9.17) is 0 Å². The van der Waals surface area contributed by atoms with Gasteiger partial charge in [-0.25, -0.2) is 8.78 Å². The first-order valence-corrected chi connectivity index (χ1v) is 4.61. The van der Waals surface area contributed by atoms with Crippen LogP contribution in [0.15, 0.2) is 30.3 Å². The van der Waals surface area contributed by atoms with Crippen molar-refractivity contribution >= 4 is 11.5 Å². The van der Waals surface area contributed by atoms with Crippen molar-refractivity contribution in [3.05, 3.63) is 41.5 Å². The highest BCUT2D eigenvalue weighted by Crippen LogP contribution is 2.33. The van der Waals surface area contributed by atoms with E-state index in [1.165, 1.54) is 0 Å². The zero-order valence-corrected chi connectivity index (χ0v) is 8.67. The van der Waals surface area contributed by atoms with Gasteiger partial charge in [0.1, 0.15) is 0 Å². The van der Waals surface area contributed by atoms with Crippen LogP contribution in [-0.2, 0) is 11.0 Å². The Morgan fingerprint density at radius 1 is 1.22 bits per heavy atom. The van der Waals surface area contributed by atoms with E-state index in [-0.39, 0.29) is 6.08 Å². The van der Waals surface area contributed by atoms with Crippen molar-refractivity contribution in [2.45, 2.75) is 12.6 Å². The van der Waals surface area contributed by atoms with Crippen molar-refractivity contribution in [2.75, 3.05) is 0 Å². The van der Waals surface area contributed by atoms with Crippen LogP contribution >= 0.6 is 0 Å². The molecule has 0 aromatic heterocycles. The number of hydrogen-bond acceptors (Lipinski definition) is 2. The van der Waals surface area contributed by atoms with Crippen molar-refractivity contribution in [1.29, 1.82) is 0 Å². The summed E-state index contributed by atoms with van der Waals surface area (Å²) in [5, 5.41) is 11.3. The number of alkyl halides is 5. The highest BCUT2D eigenvalue weighted by atomic mass is 19.4. The number of hydrogen-bond donors (Lipinski definition) is 0. The summed E-state index contributed by atoms with van der Waals surface area (Å²) in [6.45, 7) is 0. The molecule has 1 rings (SSSR count). The second-order valence-electron chi connectivity index (χ2n) is 3.25. The molecule has 0 saturated heterocycles. The molecule has 0 radical (unpaired) electrons. The molecular formula is C11H6F5O2-. The molecule has 0 aliphatic heterocycles. The minimum atomic E-state index is -4.80. The largest absolute Gasteiger partial charge is 0.872 e. The Kier molecular flexibility index (Phi) is 4.05. The average molecular weight is 265 g/mol. The van der Waals surface area contributed by atoms with E-state index in [1.807, 2.05) is 0 Å². The van der Waals surface area contributed by atoms with Gasteiger partial charge >= 0.3 is 6.18 Å². The highest BCUT2D eigenvalue weighted by molar-refractivity contribution is 5.97. The monoisotopic (exact) mass is 265 g/mol. The van der Waals surface area contributed by atoms with E-state index in [1.54, 1.807) is 0 Å². The summed E-state index contributed by atoms with van der Waals surface area (Å²) in [7, 11) is 0. The third-order valence-electron chi connectivity index (χ3n) is 1.99. The van der Waals surface area contributed by atoms with E-state index in [0.29, 0.717) is 6.07 Å². The first kappa shape index (κ1) is 14.1. The minimum Gasteiger partial charge on any atom is -0.872 e. The van der Waals surface area contributed by atoms with Crippen molar-refractivity contribution < 1.29 is 31.9 Å². The maximum atomic E-state index is 12.5. The maximum Gasteiger partial charge on any atom is 0.416 e. The number of rotatable bonds is 3. The molecule has 0 heterocycles. The summed E-state index contributed by atoms with van der Waals surface area (Å²) in [5.41, 5.74) is -2.10. The van der Waals surface area contributed by atoms with Crippen LogP contribution in [0.25, 0.3) is 5.76 Å². The summed E-state index contributed by atoms with van der Waals surface area (Å²) < 4.78 is 61.3. The molecule has 0 atom stereocenters. The molecule has 1 aromatic rings. The van der Waals surface area contributed by atoms with Crippen LogP contribution in [-0.4, -0.2) is 12.2 Å². The molecule has 0 fully saturated rings. The predicted octanol–water partition coefficient (Wildman–Crippen LogP) is 2.24. The molecule has 7 heteroatoms. The van der Waals surface area contributed by atoms with Gasteiger partial charge in [-0.2, -0.15) is 13.2 Å². The number of ketones is 1. The Morgan fingerprint density at radius 2 is 1.78 bits per heavy atom. The summed E-state index contributed by atoms with van der Waals surface area (Å²) in [5.74, 6) is -3.22. The standard InChI is InChI=1S/C11H7F5O2/c12-10(13)9(18)5-8(17)6-3-1-2-4-7(6)11(14,15)16/h1-5,10,17H/p-1/b8-5-. The number of carbonyl (C=O) groups excluding carboxylic acids is 1. The first-order chi connectivity index (χ1) is 8.23. The smallest absolute Gasteiger partial charge is 0.416 e. The number of halogens is 5. The summed E-state index contributed by atoms with van der Waals surface area (Å²) >= 11 is 0. The molecule has 0 spiro atoms. The van der Waals surface area contributed by atoms with E-state index < -0.39 is 35.3 Å². The molecular weight excluding hydrogens is 259 g/mol. The molecule has 0 N–H and O–H groups in total. The van der Waals surface area contributed by atoms with E-state index in [9.17, 15) is 31.9 Å². The van der Waals surface area contributed by atoms with Gasteiger partial charge in [0.25, 0.3) is 6.43 Å². The molecule has 0 unspecified atom stereocenters.